The van der Waals surface area contributed by atoms with Gasteiger partial charge in [-0.1, -0.05) is 55.0 Å². The number of carbonyl (C=O) groups excluding carboxylic acids is 1. The monoisotopic (exact) mass is 344 g/mol. The number of ketones is 1. The Kier molecular flexibility index (Phi) is 4.86. The summed E-state index contributed by atoms with van der Waals surface area (Å²) in [6.45, 7) is 0.978. The molecule has 26 heavy (non-hydrogen) atoms. The molecule has 2 aromatic rings. The van der Waals surface area contributed by atoms with Crippen LogP contribution in [0.5, 0.6) is 0 Å². The molecule has 3 heteroatoms. The van der Waals surface area contributed by atoms with Crippen LogP contribution >= 0.6 is 0 Å². The molecule has 0 radical (unpaired) electrons. The number of nitrogens with zero attached hydrogens (tertiary/aromatic N) is 2. The Morgan fingerprint density at radius 2 is 1.65 bits per heavy atom. The first-order valence-corrected chi connectivity index (χ1v) is 9.59. The lowest BCUT2D eigenvalue weighted by Gasteiger charge is -2.48. The highest BCUT2D eigenvalue weighted by Gasteiger charge is 2.40. The molecule has 2 atom stereocenters. The van der Waals surface area contributed by atoms with E-state index in [1.165, 1.54) is 24.8 Å². The molecule has 0 saturated carbocycles. The van der Waals surface area contributed by atoms with Gasteiger partial charge in [-0.3, -0.25) is 9.69 Å². The number of Topliss-reactive ketones (excluding diaryl/α,β-unsaturated/α-hetero) is 1. The van der Waals surface area contributed by atoms with E-state index in [1.54, 1.807) is 6.07 Å². The summed E-state index contributed by atoms with van der Waals surface area (Å²) in [6, 6.07) is 21.0. The highest BCUT2D eigenvalue weighted by atomic mass is 16.1. The van der Waals surface area contributed by atoms with Gasteiger partial charge >= 0.3 is 0 Å². The van der Waals surface area contributed by atoms with Gasteiger partial charge in [-0.05, 0) is 37.3 Å². The van der Waals surface area contributed by atoms with E-state index in [0.29, 0.717) is 23.2 Å². The molecule has 0 spiro atoms. The van der Waals surface area contributed by atoms with Gasteiger partial charge in [0, 0.05) is 30.1 Å². The van der Waals surface area contributed by atoms with Crippen LogP contribution in [0.25, 0.3) is 0 Å². The van der Waals surface area contributed by atoms with E-state index >= 15 is 0 Å². The smallest absolute Gasteiger partial charge is 0.167 e. The van der Waals surface area contributed by atoms with Crippen molar-refractivity contribution < 1.29 is 4.79 Å². The number of carbonyl (C=O) groups is 1. The van der Waals surface area contributed by atoms with Crippen LogP contribution in [0.2, 0.25) is 0 Å². The lowest BCUT2D eigenvalue weighted by Crippen LogP contribution is -2.52. The molecule has 2 aliphatic heterocycles. The zero-order chi connectivity index (χ0) is 17.9. The first kappa shape index (κ1) is 17.0. The lowest BCUT2D eigenvalue weighted by molar-refractivity contribution is 0.00905. The predicted octanol–water partition coefficient (Wildman–Crippen LogP) is 4.57. The number of piperidine rings is 2. The minimum Gasteiger partial charge on any atom is -0.294 e. The van der Waals surface area contributed by atoms with E-state index in [-0.39, 0.29) is 11.7 Å². The van der Waals surface area contributed by atoms with Crippen molar-refractivity contribution in [2.24, 2.45) is 5.92 Å². The molecular weight excluding hydrogens is 320 g/mol. The van der Waals surface area contributed by atoms with E-state index in [9.17, 15) is 10.1 Å². The molecule has 3 nitrogen and oxygen atoms in total. The molecule has 4 rings (SSSR count). The van der Waals surface area contributed by atoms with Crippen LogP contribution in [0, 0.1) is 17.2 Å². The number of hydrogen-bond acceptors (Lipinski definition) is 3. The van der Waals surface area contributed by atoms with Crippen molar-refractivity contribution in [2.75, 3.05) is 0 Å². The van der Waals surface area contributed by atoms with Gasteiger partial charge in [0.15, 0.2) is 5.78 Å². The standard InChI is InChI=1S/C23H24N2O/c24-15-18-9-4-5-12-22(18)23(26)19-13-20-10-6-11-21(14-19)25(20)16-17-7-2-1-3-8-17/h1-5,7-9,12,19-21H,6,10-11,13-14,16H2. The molecule has 2 fully saturated rings. The molecule has 0 aliphatic carbocycles. The highest BCUT2D eigenvalue weighted by Crippen LogP contribution is 2.39. The van der Waals surface area contributed by atoms with Crippen molar-refractivity contribution in [3.63, 3.8) is 0 Å². The second-order valence-electron chi connectivity index (χ2n) is 7.59. The van der Waals surface area contributed by atoms with E-state index in [1.807, 2.05) is 18.2 Å². The van der Waals surface area contributed by atoms with Crippen molar-refractivity contribution in [1.82, 2.24) is 4.90 Å². The van der Waals surface area contributed by atoms with Gasteiger partial charge in [-0.15, -0.1) is 0 Å². The maximum Gasteiger partial charge on any atom is 0.167 e. The van der Waals surface area contributed by atoms with E-state index < -0.39 is 0 Å². The molecular formula is C23H24N2O. The first-order chi connectivity index (χ1) is 12.8. The summed E-state index contributed by atoms with van der Waals surface area (Å²) in [7, 11) is 0. The SMILES string of the molecule is N#Cc1ccccc1C(=O)C1CC2CCCC(C1)N2Cc1ccccc1. The summed E-state index contributed by atoms with van der Waals surface area (Å²) in [4.78, 5) is 15.7. The van der Waals surface area contributed by atoms with Crippen LogP contribution in [-0.2, 0) is 6.54 Å². The Labute approximate surface area is 155 Å². The van der Waals surface area contributed by atoms with E-state index in [0.717, 1.165) is 19.4 Å². The Balaban J connectivity index is 1.53. The summed E-state index contributed by atoms with van der Waals surface area (Å²) in [5.74, 6) is 0.213. The van der Waals surface area contributed by atoms with Gasteiger partial charge in [0.05, 0.1) is 11.6 Å². The Morgan fingerprint density at radius 3 is 2.35 bits per heavy atom. The summed E-state index contributed by atoms with van der Waals surface area (Å²) in [5, 5.41) is 9.32. The van der Waals surface area contributed by atoms with Crippen LogP contribution < -0.4 is 0 Å². The minimum atomic E-state index is 0.0480. The summed E-state index contributed by atoms with van der Waals surface area (Å²) >= 11 is 0. The average Bonchev–Trinajstić information content (AvgIpc) is 2.68. The van der Waals surface area contributed by atoms with Crippen LogP contribution in [-0.4, -0.2) is 22.8 Å². The van der Waals surface area contributed by atoms with Crippen LogP contribution in [0.1, 0.15) is 53.6 Å². The van der Waals surface area contributed by atoms with Gasteiger partial charge in [0.25, 0.3) is 0 Å². The zero-order valence-electron chi connectivity index (χ0n) is 15.0. The molecule has 0 aromatic heterocycles. The molecule has 2 aliphatic rings. The fourth-order valence-corrected chi connectivity index (χ4v) is 4.76. The molecule has 132 valence electrons. The van der Waals surface area contributed by atoms with Crippen LogP contribution in [0.4, 0.5) is 0 Å². The third-order valence-electron chi connectivity index (χ3n) is 6.02. The van der Waals surface area contributed by atoms with Crippen molar-refractivity contribution >= 4 is 5.78 Å². The number of nitriles is 1. The van der Waals surface area contributed by atoms with Gasteiger partial charge in [0.2, 0.25) is 0 Å². The lowest BCUT2D eigenvalue weighted by atomic mass is 9.75. The van der Waals surface area contributed by atoms with Crippen molar-refractivity contribution in [2.45, 2.75) is 50.7 Å². The summed E-state index contributed by atoms with van der Waals surface area (Å²) < 4.78 is 0. The minimum absolute atomic E-state index is 0.0480. The maximum absolute atomic E-state index is 13.1. The van der Waals surface area contributed by atoms with Crippen LogP contribution in [0.15, 0.2) is 54.6 Å². The Morgan fingerprint density at radius 1 is 1.00 bits per heavy atom. The van der Waals surface area contributed by atoms with E-state index in [4.69, 9.17) is 0 Å². The largest absolute Gasteiger partial charge is 0.294 e. The van der Waals surface area contributed by atoms with Crippen molar-refractivity contribution in [3.8, 4) is 6.07 Å². The molecule has 2 aromatic carbocycles. The average molecular weight is 344 g/mol. The van der Waals surface area contributed by atoms with Gasteiger partial charge in [-0.25, -0.2) is 0 Å². The predicted molar refractivity (Wildman–Crippen MR) is 102 cm³/mol. The third-order valence-corrected chi connectivity index (χ3v) is 6.02. The quantitative estimate of drug-likeness (QED) is 0.763. The second kappa shape index (κ2) is 7.43. The van der Waals surface area contributed by atoms with Crippen LogP contribution in [0.3, 0.4) is 0 Å². The highest BCUT2D eigenvalue weighted by molar-refractivity contribution is 6.00. The third kappa shape index (κ3) is 3.30. The summed E-state index contributed by atoms with van der Waals surface area (Å²) in [6.07, 6.45) is 5.44. The fraction of sp³-hybridized carbons (Fsp3) is 0.391. The second-order valence-corrected chi connectivity index (χ2v) is 7.59. The van der Waals surface area contributed by atoms with Gasteiger partial charge in [-0.2, -0.15) is 5.26 Å². The van der Waals surface area contributed by atoms with Crippen molar-refractivity contribution in [1.29, 1.82) is 5.26 Å². The Bertz CT molecular complexity index is 810. The molecule has 2 heterocycles. The number of hydrogen-bond donors (Lipinski definition) is 0. The zero-order valence-corrected chi connectivity index (χ0v) is 15.0. The Hall–Kier alpha value is -2.44. The van der Waals surface area contributed by atoms with Gasteiger partial charge in [0.1, 0.15) is 0 Å². The molecule has 2 saturated heterocycles. The van der Waals surface area contributed by atoms with Gasteiger partial charge < -0.3 is 0 Å². The number of benzene rings is 2. The summed E-state index contributed by atoms with van der Waals surface area (Å²) in [5.41, 5.74) is 2.47. The normalized spacial score (nSPS) is 25.4. The molecule has 2 bridgehead atoms. The molecule has 0 N–H and O–H groups in total. The number of fused-ring (bicyclic) bond motifs is 2. The first-order valence-electron chi connectivity index (χ1n) is 9.59. The topological polar surface area (TPSA) is 44.1 Å². The molecule has 2 unspecified atom stereocenters. The maximum atomic E-state index is 13.1. The molecule has 0 amide bonds. The number of rotatable bonds is 4. The fourth-order valence-electron chi connectivity index (χ4n) is 4.76. The van der Waals surface area contributed by atoms with E-state index in [2.05, 4.69) is 41.3 Å². The van der Waals surface area contributed by atoms with Crippen molar-refractivity contribution in [3.05, 3.63) is 71.3 Å².